The second-order valence-electron chi connectivity index (χ2n) is 8.37. The van der Waals surface area contributed by atoms with Gasteiger partial charge in [-0.25, -0.2) is 0 Å². The molecule has 150 valence electrons. The van der Waals surface area contributed by atoms with Crippen molar-refractivity contribution < 1.29 is 0 Å². The number of benzene rings is 1. The zero-order chi connectivity index (χ0) is 18.9. The van der Waals surface area contributed by atoms with E-state index in [1.165, 1.54) is 108 Å². The Labute approximate surface area is 165 Å². The summed E-state index contributed by atoms with van der Waals surface area (Å²) in [6.07, 6.45) is 22.2. The van der Waals surface area contributed by atoms with E-state index in [9.17, 15) is 0 Å². The lowest BCUT2D eigenvalue weighted by atomic mass is 9.91. The molecule has 0 heterocycles. The number of hydrogen-bond acceptors (Lipinski definition) is 0. The largest absolute Gasteiger partial charge is 0.0654 e. The summed E-state index contributed by atoms with van der Waals surface area (Å²) < 4.78 is 0. The standard InChI is InChI=1S/C26H46/c1-4-7-9-10-11-12-13-14-15-16-18-25-19-21-26(22-20-25)23-24(6-3)17-8-5-2/h19-22,24H,4-18,23H2,1-3H3. The molecule has 0 heteroatoms. The van der Waals surface area contributed by atoms with Crippen molar-refractivity contribution in [2.75, 3.05) is 0 Å². The first kappa shape index (κ1) is 23.3. The van der Waals surface area contributed by atoms with Crippen LogP contribution in [0.1, 0.15) is 122 Å². The normalized spacial score (nSPS) is 12.4. The first-order chi connectivity index (χ1) is 12.8. The molecular weight excluding hydrogens is 312 g/mol. The summed E-state index contributed by atoms with van der Waals surface area (Å²) in [6.45, 7) is 6.94. The van der Waals surface area contributed by atoms with Crippen molar-refractivity contribution in [3.63, 3.8) is 0 Å². The van der Waals surface area contributed by atoms with Crippen LogP contribution in [0.15, 0.2) is 24.3 Å². The molecule has 0 fully saturated rings. The Hall–Kier alpha value is -0.780. The predicted octanol–water partition coefficient (Wildman–Crippen LogP) is 8.91. The Morgan fingerprint density at radius 2 is 1.08 bits per heavy atom. The zero-order valence-corrected chi connectivity index (χ0v) is 18.2. The molecule has 0 amide bonds. The molecule has 0 saturated heterocycles. The molecule has 1 aromatic rings. The van der Waals surface area contributed by atoms with Gasteiger partial charge in [0.1, 0.15) is 0 Å². The molecule has 0 aliphatic carbocycles. The number of unbranched alkanes of at least 4 members (excludes halogenated alkanes) is 10. The molecule has 0 aliphatic heterocycles. The van der Waals surface area contributed by atoms with E-state index in [4.69, 9.17) is 0 Å². The maximum absolute atomic E-state index is 2.39. The highest BCUT2D eigenvalue weighted by atomic mass is 14.1. The molecule has 0 N–H and O–H groups in total. The van der Waals surface area contributed by atoms with Crippen LogP contribution in [-0.2, 0) is 12.8 Å². The lowest BCUT2D eigenvalue weighted by Crippen LogP contribution is -2.03. The van der Waals surface area contributed by atoms with Crippen molar-refractivity contribution in [2.45, 2.75) is 124 Å². The van der Waals surface area contributed by atoms with Gasteiger partial charge in [0.05, 0.1) is 0 Å². The van der Waals surface area contributed by atoms with Gasteiger partial charge in [-0.05, 0) is 36.3 Å². The van der Waals surface area contributed by atoms with Gasteiger partial charge in [0.2, 0.25) is 0 Å². The molecular formula is C26H46. The Morgan fingerprint density at radius 3 is 1.62 bits per heavy atom. The molecule has 1 atom stereocenters. The van der Waals surface area contributed by atoms with Crippen LogP contribution in [0.4, 0.5) is 0 Å². The van der Waals surface area contributed by atoms with Crippen LogP contribution in [0, 0.1) is 5.92 Å². The fourth-order valence-corrected chi connectivity index (χ4v) is 3.94. The van der Waals surface area contributed by atoms with Gasteiger partial charge in [-0.3, -0.25) is 0 Å². The van der Waals surface area contributed by atoms with E-state index in [2.05, 4.69) is 45.0 Å². The second-order valence-corrected chi connectivity index (χ2v) is 8.37. The van der Waals surface area contributed by atoms with Gasteiger partial charge in [0, 0.05) is 0 Å². The Bertz CT molecular complexity index is 403. The van der Waals surface area contributed by atoms with Crippen molar-refractivity contribution in [1.29, 1.82) is 0 Å². The quantitative estimate of drug-likeness (QED) is 0.244. The van der Waals surface area contributed by atoms with E-state index in [0.717, 1.165) is 5.92 Å². The monoisotopic (exact) mass is 358 g/mol. The van der Waals surface area contributed by atoms with Crippen LogP contribution in [-0.4, -0.2) is 0 Å². The summed E-state index contributed by atoms with van der Waals surface area (Å²) in [6, 6.07) is 9.55. The van der Waals surface area contributed by atoms with E-state index in [-0.39, 0.29) is 0 Å². The number of hydrogen-bond donors (Lipinski definition) is 0. The lowest BCUT2D eigenvalue weighted by molar-refractivity contribution is 0.449. The molecule has 0 saturated carbocycles. The van der Waals surface area contributed by atoms with E-state index in [1.54, 1.807) is 5.56 Å². The van der Waals surface area contributed by atoms with Gasteiger partial charge in [-0.2, -0.15) is 0 Å². The molecule has 0 aliphatic rings. The molecule has 0 bridgehead atoms. The lowest BCUT2D eigenvalue weighted by Gasteiger charge is -2.14. The molecule has 26 heavy (non-hydrogen) atoms. The smallest absolute Gasteiger partial charge is 0.0250 e. The molecule has 1 unspecified atom stereocenters. The molecule has 1 aromatic carbocycles. The van der Waals surface area contributed by atoms with Crippen LogP contribution in [0.25, 0.3) is 0 Å². The first-order valence-corrected chi connectivity index (χ1v) is 11.9. The third-order valence-electron chi connectivity index (χ3n) is 5.91. The average Bonchev–Trinajstić information content (AvgIpc) is 2.67. The van der Waals surface area contributed by atoms with Crippen LogP contribution >= 0.6 is 0 Å². The van der Waals surface area contributed by atoms with Crippen molar-refractivity contribution in [3.05, 3.63) is 35.4 Å². The van der Waals surface area contributed by atoms with E-state index in [0.29, 0.717) is 0 Å². The third-order valence-corrected chi connectivity index (χ3v) is 5.91. The molecule has 0 spiro atoms. The average molecular weight is 359 g/mol. The van der Waals surface area contributed by atoms with Crippen LogP contribution in [0.3, 0.4) is 0 Å². The van der Waals surface area contributed by atoms with Crippen molar-refractivity contribution in [3.8, 4) is 0 Å². The van der Waals surface area contributed by atoms with E-state index < -0.39 is 0 Å². The minimum absolute atomic E-state index is 0.878. The van der Waals surface area contributed by atoms with Gasteiger partial charge in [-0.15, -0.1) is 0 Å². The SMILES string of the molecule is CCCCCCCCCCCCc1ccc(CC(CC)CCCC)cc1. The summed E-state index contributed by atoms with van der Waals surface area (Å²) in [5, 5.41) is 0. The van der Waals surface area contributed by atoms with Crippen molar-refractivity contribution >= 4 is 0 Å². The van der Waals surface area contributed by atoms with Gasteiger partial charge in [0.15, 0.2) is 0 Å². The highest BCUT2D eigenvalue weighted by Crippen LogP contribution is 2.19. The van der Waals surface area contributed by atoms with Gasteiger partial charge >= 0.3 is 0 Å². The maximum Gasteiger partial charge on any atom is -0.0250 e. The van der Waals surface area contributed by atoms with Gasteiger partial charge in [0.25, 0.3) is 0 Å². The highest BCUT2D eigenvalue weighted by molar-refractivity contribution is 5.23. The Balaban J connectivity index is 2.09. The van der Waals surface area contributed by atoms with Crippen LogP contribution in [0.2, 0.25) is 0 Å². The molecule has 0 nitrogen and oxygen atoms in total. The molecule has 0 radical (unpaired) electrons. The number of rotatable bonds is 17. The van der Waals surface area contributed by atoms with Crippen molar-refractivity contribution in [1.82, 2.24) is 0 Å². The first-order valence-electron chi connectivity index (χ1n) is 11.9. The second kappa shape index (κ2) is 16.4. The fraction of sp³-hybridized carbons (Fsp3) is 0.769. The Kier molecular flexibility index (Phi) is 14.7. The van der Waals surface area contributed by atoms with Crippen molar-refractivity contribution in [2.24, 2.45) is 5.92 Å². The number of aryl methyl sites for hydroxylation is 1. The summed E-state index contributed by atoms with van der Waals surface area (Å²) >= 11 is 0. The molecule has 0 aromatic heterocycles. The summed E-state index contributed by atoms with van der Waals surface area (Å²) in [5.41, 5.74) is 3.08. The minimum Gasteiger partial charge on any atom is -0.0654 e. The molecule has 1 rings (SSSR count). The summed E-state index contributed by atoms with van der Waals surface area (Å²) in [5.74, 6) is 0.878. The van der Waals surface area contributed by atoms with E-state index in [1.807, 2.05) is 0 Å². The van der Waals surface area contributed by atoms with Gasteiger partial charge in [-0.1, -0.05) is 129 Å². The third kappa shape index (κ3) is 11.8. The van der Waals surface area contributed by atoms with Crippen LogP contribution < -0.4 is 0 Å². The minimum atomic E-state index is 0.878. The Morgan fingerprint density at radius 1 is 0.577 bits per heavy atom. The van der Waals surface area contributed by atoms with Crippen LogP contribution in [0.5, 0.6) is 0 Å². The summed E-state index contributed by atoms with van der Waals surface area (Å²) in [7, 11) is 0. The summed E-state index contributed by atoms with van der Waals surface area (Å²) in [4.78, 5) is 0. The zero-order valence-electron chi connectivity index (χ0n) is 18.2. The topological polar surface area (TPSA) is 0 Å². The predicted molar refractivity (Wildman–Crippen MR) is 119 cm³/mol. The van der Waals surface area contributed by atoms with E-state index >= 15 is 0 Å². The highest BCUT2D eigenvalue weighted by Gasteiger charge is 2.07. The maximum atomic E-state index is 2.39. The van der Waals surface area contributed by atoms with Gasteiger partial charge < -0.3 is 0 Å². The fourth-order valence-electron chi connectivity index (χ4n) is 3.94.